The van der Waals surface area contributed by atoms with Gasteiger partial charge in [-0.2, -0.15) is 0 Å². The van der Waals surface area contributed by atoms with E-state index in [4.69, 9.17) is 16.7 Å². The Hall–Kier alpha value is -0.730. The lowest BCUT2D eigenvalue weighted by atomic mass is 10.1. The number of aliphatic hydroxyl groups is 1. The predicted octanol–water partition coefficient (Wildman–Crippen LogP) is 2.49. The number of halogens is 1. The fourth-order valence-corrected chi connectivity index (χ4v) is 1.53. The van der Waals surface area contributed by atoms with Crippen LogP contribution in [0.4, 0.5) is 0 Å². The highest BCUT2D eigenvalue weighted by Gasteiger charge is 2.06. The molecule has 0 fully saturated rings. The normalized spacial score (nSPS) is 10.4. The molecule has 13 heavy (non-hydrogen) atoms. The van der Waals surface area contributed by atoms with Crippen LogP contribution in [-0.2, 0) is 13.0 Å². The van der Waals surface area contributed by atoms with Crippen molar-refractivity contribution in [2.45, 2.75) is 26.4 Å². The summed E-state index contributed by atoms with van der Waals surface area (Å²) >= 11 is 5.77. The zero-order chi connectivity index (χ0) is 9.84. The van der Waals surface area contributed by atoms with Crippen LogP contribution in [-0.4, -0.2) is 10.2 Å². The van der Waals surface area contributed by atoms with Crippen molar-refractivity contribution in [3.05, 3.63) is 28.3 Å². The predicted molar refractivity (Wildman–Crippen MR) is 53.0 cm³/mol. The lowest BCUT2D eigenvalue weighted by Gasteiger charge is -2.07. The maximum absolute atomic E-state index is 9.54. The first-order valence-corrected chi connectivity index (χ1v) is 4.68. The number of aliphatic hydroxyl groups excluding tert-OH is 1. The first-order chi connectivity index (χ1) is 6.19. The quantitative estimate of drug-likeness (QED) is 0.787. The summed E-state index contributed by atoms with van der Waals surface area (Å²) in [6.07, 6.45) is 1.72. The van der Waals surface area contributed by atoms with E-state index >= 15 is 0 Å². The van der Waals surface area contributed by atoms with Gasteiger partial charge in [-0.05, 0) is 29.7 Å². The molecule has 0 saturated carbocycles. The van der Waals surface area contributed by atoms with Crippen LogP contribution in [0.2, 0.25) is 5.02 Å². The van der Waals surface area contributed by atoms with Crippen molar-refractivity contribution in [2.75, 3.05) is 0 Å². The molecular formula is C10H13ClO2. The lowest BCUT2D eigenvalue weighted by Crippen LogP contribution is -1.90. The second-order valence-electron chi connectivity index (χ2n) is 2.99. The van der Waals surface area contributed by atoms with E-state index in [2.05, 4.69) is 0 Å². The molecule has 0 heterocycles. The van der Waals surface area contributed by atoms with Gasteiger partial charge in [-0.15, -0.1) is 0 Å². The average molecular weight is 201 g/mol. The molecule has 2 N–H and O–H groups in total. The molecule has 0 aliphatic carbocycles. The molecule has 1 aromatic rings. The van der Waals surface area contributed by atoms with Gasteiger partial charge in [0.05, 0.1) is 11.6 Å². The van der Waals surface area contributed by atoms with Gasteiger partial charge in [0.1, 0.15) is 5.75 Å². The Labute approximate surface area is 82.8 Å². The number of aromatic hydroxyl groups is 1. The molecule has 0 aromatic heterocycles. The zero-order valence-electron chi connectivity index (χ0n) is 7.55. The van der Waals surface area contributed by atoms with Crippen LogP contribution in [0.25, 0.3) is 0 Å². The maximum atomic E-state index is 9.54. The van der Waals surface area contributed by atoms with Crippen molar-refractivity contribution >= 4 is 11.6 Å². The molecule has 0 radical (unpaired) electrons. The van der Waals surface area contributed by atoms with Crippen molar-refractivity contribution in [2.24, 2.45) is 0 Å². The molecule has 0 spiro atoms. The van der Waals surface area contributed by atoms with E-state index < -0.39 is 0 Å². The number of benzene rings is 1. The van der Waals surface area contributed by atoms with Gasteiger partial charge in [0.15, 0.2) is 0 Å². The van der Waals surface area contributed by atoms with Gasteiger partial charge in [0, 0.05) is 0 Å². The lowest BCUT2D eigenvalue weighted by molar-refractivity contribution is 0.281. The van der Waals surface area contributed by atoms with Crippen LogP contribution in [0.3, 0.4) is 0 Å². The van der Waals surface area contributed by atoms with Crippen LogP contribution >= 0.6 is 11.6 Å². The summed E-state index contributed by atoms with van der Waals surface area (Å²) in [6, 6.07) is 3.36. The molecule has 0 aliphatic heterocycles. The first kappa shape index (κ1) is 10.4. The minimum atomic E-state index is -0.0449. The molecule has 2 nitrogen and oxygen atoms in total. The number of phenolic OH excluding ortho intramolecular Hbond substituents is 1. The minimum Gasteiger partial charge on any atom is -0.506 e. The topological polar surface area (TPSA) is 40.5 Å². The van der Waals surface area contributed by atoms with Crippen molar-refractivity contribution in [1.29, 1.82) is 0 Å². The molecule has 72 valence electrons. The van der Waals surface area contributed by atoms with Crippen LogP contribution < -0.4 is 0 Å². The van der Waals surface area contributed by atoms with Crippen molar-refractivity contribution < 1.29 is 10.2 Å². The third-order valence-corrected chi connectivity index (χ3v) is 2.19. The second-order valence-corrected chi connectivity index (χ2v) is 3.40. The summed E-state index contributed by atoms with van der Waals surface area (Å²) in [6.45, 7) is 1.98. The van der Waals surface area contributed by atoms with E-state index in [-0.39, 0.29) is 12.4 Å². The van der Waals surface area contributed by atoms with Crippen LogP contribution in [0.15, 0.2) is 12.1 Å². The molecule has 1 rings (SSSR count). The summed E-state index contributed by atoms with van der Waals surface area (Å²) in [7, 11) is 0. The van der Waals surface area contributed by atoms with E-state index in [1.807, 2.05) is 6.92 Å². The van der Waals surface area contributed by atoms with Gasteiger partial charge in [0.25, 0.3) is 0 Å². The highest BCUT2D eigenvalue weighted by Crippen LogP contribution is 2.29. The largest absolute Gasteiger partial charge is 0.506 e. The maximum Gasteiger partial charge on any atom is 0.137 e. The van der Waals surface area contributed by atoms with Crippen molar-refractivity contribution in [1.82, 2.24) is 0 Å². The minimum absolute atomic E-state index is 0.0449. The van der Waals surface area contributed by atoms with Gasteiger partial charge in [0.2, 0.25) is 0 Å². The van der Waals surface area contributed by atoms with Gasteiger partial charge in [-0.1, -0.05) is 24.9 Å². The summed E-state index contributed by atoms with van der Waals surface area (Å²) < 4.78 is 0. The fourth-order valence-electron chi connectivity index (χ4n) is 1.27. The fraction of sp³-hybridized carbons (Fsp3) is 0.400. The third kappa shape index (κ3) is 2.36. The standard InChI is InChI=1S/C10H13ClO2/c1-2-3-8-4-7(6-12)5-9(11)10(8)13/h4-5,12-13H,2-3,6H2,1H3. The number of aryl methyl sites for hydroxylation is 1. The molecular weight excluding hydrogens is 188 g/mol. The average Bonchev–Trinajstić information content (AvgIpc) is 2.13. The van der Waals surface area contributed by atoms with Gasteiger partial charge < -0.3 is 10.2 Å². The third-order valence-electron chi connectivity index (χ3n) is 1.90. The van der Waals surface area contributed by atoms with Gasteiger partial charge in [-0.3, -0.25) is 0 Å². The van der Waals surface area contributed by atoms with Gasteiger partial charge in [-0.25, -0.2) is 0 Å². The Bertz CT molecular complexity index is 297. The number of phenols is 1. The zero-order valence-corrected chi connectivity index (χ0v) is 8.30. The Kier molecular flexibility index (Phi) is 3.58. The van der Waals surface area contributed by atoms with E-state index in [1.165, 1.54) is 0 Å². The Balaban J connectivity index is 3.09. The van der Waals surface area contributed by atoms with Crippen molar-refractivity contribution in [3.63, 3.8) is 0 Å². The van der Waals surface area contributed by atoms with E-state index in [0.717, 1.165) is 24.0 Å². The van der Waals surface area contributed by atoms with Gasteiger partial charge >= 0.3 is 0 Å². The molecule has 0 saturated heterocycles. The second kappa shape index (κ2) is 4.49. The summed E-state index contributed by atoms with van der Waals surface area (Å²) in [5.41, 5.74) is 1.55. The number of rotatable bonds is 3. The molecule has 0 amide bonds. The monoisotopic (exact) mass is 200 g/mol. The summed E-state index contributed by atoms with van der Waals surface area (Å²) in [5.74, 6) is 0.140. The Morgan fingerprint density at radius 3 is 2.62 bits per heavy atom. The molecule has 0 aliphatic rings. The van der Waals surface area contributed by atoms with E-state index in [0.29, 0.717) is 5.02 Å². The molecule has 3 heteroatoms. The molecule has 1 aromatic carbocycles. The number of hydrogen-bond acceptors (Lipinski definition) is 2. The van der Waals surface area contributed by atoms with Crippen LogP contribution in [0, 0.1) is 0 Å². The summed E-state index contributed by atoms with van der Waals surface area (Å²) in [5, 5.41) is 18.8. The Morgan fingerprint density at radius 1 is 1.38 bits per heavy atom. The number of hydrogen-bond donors (Lipinski definition) is 2. The smallest absolute Gasteiger partial charge is 0.137 e. The summed E-state index contributed by atoms with van der Waals surface area (Å²) in [4.78, 5) is 0. The SMILES string of the molecule is CCCc1cc(CO)cc(Cl)c1O. The first-order valence-electron chi connectivity index (χ1n) is 4.30. The van der Waals surface area contributed by atoms with Crippen LogP contribution in [0.5, 0.6) is 5.75 Å². The highest BCUT2D eigenvalue weighted by atomic mass is 35.5. The Morgan fingerprint density at radius 2 is 2.08 bits per heavy atom. The van der Waals surface area contributed by atoms with Crippen molar-refractivity contribution in [3.8, 4) is 5.75 Å². The van der Waals surface area contributed by atoms with Crippen LogP contribution in [0.1, 0.15) is 24.5 Å². The molecule has 0 bridgehead atoms. The highest BCUT2D eigenvalue weighted by molar-refractivity contribution is 6.32. The molecule has 0 unspecified atom stereocenters. The van der Waals surface area contributed by atoms with E-state index in [9.17, 15) is 5.11 Å². The molecule has 0 atom stereocenters. The van der Waals surface area contributed by atoms with E-state index in [1.54, 1.807) is 12.1 Å².